The smallest absolute Gasteiger partial charge is 0.253 e. The molecule has 1 amide bonds. The van der Waals surface area contributed by atoms with Gasteiger partial charge in [0.2, 0.25) is 0 Å². The summed E-state index contributed by atoms with van der Waals surface area (Å²) in [5.41, 5.74) is 0.614. The van der Waals surface area contributed by atoms with E-state index in [4.69, 9.17) is 23.2 Å². The molecule has 2 nitrogen and oxygen atoms in total. The van der Waals surface area contributed by atoms with E-state index in [2.05, 4.69) is 15.9 Å². The minimum Gasteiger partial charge on any atom is -0.338 e. The number of rotatable bonds is 4. The van der Waals surface area contributed by atoms with Crippen molar-refractivity contribution in [3.8, 4) is 0 Å². The van der Waals surface area contributed by atoms with Crippen molar-refractivity contribution in [3.05, 3.63) is 33.3 Å². The number of amides is 1. The van der Waals surface area contributed by atoms with Gasteiger partial charge in [-0.05, 0) is 41.1 Å². The van der Waals surface area contributed by atoms with E-state index >= 15 is 0 Å². The molecule has 0 spiro atoms. The van der Waals surface area contributed by atoms with Gasteiger partial charge in [0.25, 0.3) is 5.91 Å². The molecule has 0 bridgehead atoms. The van der Waals surface area contributed by atoms with Crippen LogP contribution in [-0.4, -0.2) is 29.8 Å². The summed E-state index contributed by atoms with van der Waals surface area (Å²) in [6, 6.07) is 5.14. The highest BCUT2D eigenvalue weighted by molar-refractivity contribution is 9.10. The average molecular weight is 325 g/mol. The Morgan fingerprint density at radius 1 is 1.50 bits per heavy atom. The summed E-state index contributed by atoms with van der Waals surface area (Å²) in [7, 11) is 0. The summed E-state index contributed by atoms with van der Waals surface area (Å²) in [6.45, 7) is 3.12. The number of carbonyl (C=O) groups is 1. The zero-order valence-corrected chi connectivity index (χ0v) is 11.9. The highest BCUT2D eigenvalue weighted by Gasteiger charge is 2.14. The topological polar surface area (TPSA) is 20.3 Å². The molecule has 0 aliphatic carbocycles. The van der Waals surface area contributed by atoms with E-state index in [1.807, 2.05) is 6.92 Å². The Kier molecular flexibility index (Phi) is 5.59. The highest BCUT2D eigenvalue weighted by Crippen LogP contribution is 2.23. The normalized spacial score (nSPS) is 10.2. The van der Waals surface area contributed by atoms with Crippen molar-refractivity contribution < 1.29 is 4.79 Å². The van der Waals surface area contributed by atoms with Gasteiger partial charge < -0.3 is 4.90 Å². The molecule has 1 rings (SSSR count). The van der Waals surface area contributed by atoms with Crippen molar-refractivity contribution in [2.75, 3.05) is 19.0 Å². The summed E-state index contributed by atoms with van der Waals surface area (Å²) >= 11 is 14.8. The van der Waals surface area contributed by atoms with Crippen LogP contribution in [0.1, 0.15) is 17.3 Å². The molecule has 88 valence electrons. The van der Waals surface area contributed by atoms with Gasteiger partial charge in [-0.3, -0.25) is 4.79 Å². The molecule has 0 aliphatic rings. The fraction of sp³-hybridized carbons (Fsp3) is 0.364. The molecular formula is C11H12BrCl2NO. The molecule has 1 aromatic rings. The maximum absolute atomic E-state index is 12.0. The van der Waals surface area contributed by atoms with Gasteiger partial charge in [0.15, 0.2) is 0 Å². The summed E-state index contributed by atoms with van der Waals surface area (Å²) in [5.74, 6) is 0.412. The van der Waals surface area contributed by atoms with E-state index in [1.54, 1.807) is 23.1 Å². The van der Waals surface area contributed by atoms with Crippen molar-refractivity contribution in [3.63, 3.8) is 0 Å². The molecular weight excluding hydrogens is 313 g/mol. The van der Waals surface area contributed by atoms with E-state index < -0.39 is 0 Å². The zero-order valence-electron chi connectivity index (χ0n) is 8.84. The van der Waals surface area contributed by atoms with Crippen molar-refractivity contribution in [2.45, 2.75) is 6.92 Å². The van der Waals surface area contributed by atoms with Crippen LogP contribution in [-0.2, 0) is 0 Å². The van der Waals surface area contributed by atoms with E-state index in [1.165, 1.54) is 0 Å². The van der Waals surface area contributed by atoms with Gasteiger partial charge in [0.1, 0.15) is 0 Å². The maximum atomic E-state index is 12.0. The third-order valence-electron chi connectivity index (χ3n) is 2.19. The Morgan fingerprint density at radius 3 is 2.69 bits per heavy atom. The number of benzene rings is 1. The van der Waals surface area contributed by atoms with Crippen molar-refractivity contribution in [1.29, 1.82) is 0 Å². The van der Waals surface area contributed by atoms with Gasteiger partial charge in [0.05, 0.1) is 5.02 Å². The van der Waals surface area contributed by atoms with Crippen LogP contribution in [0.15, 0.2) is 22.7 Å². The second-order valence-corrected chi connectivity index (χ2v) is 4.84. The molecule has 0 fully saturated rings. The first kappa shape index (κ1) is 13.8. The van der Waals surface area contributed by atoms with Crippen LogP contribution in [0.25, 0.3) is 0 Å². The summed E-state index contributed by atoms with van der Waals surface area (Å²) in [5, 5.41) is 0.594. The van der Waals surface area contributed by atoms with Crippen molar-refractivity contribution >= 4 is 45.0 Å². The van der Waals surface area contributed by atoms with Crippen molar-refractivity contribution in [2.24, 2.45) is 0 Å². The molecule has 0 aliphatic heterocycles. The Bertz CT molecular complexity index is 384. The lowest BCUT2D eigenvalue weighted by atomic mass is 10.2. The monoisotopic (exact) mass is 323 g/mol. The van der Waals surface area contributed by atoms with Gasteiger partial charge in [-0.2, -0.15) is 0 Å². The number of nitrogens with zero attached hydrogens (tertiary/aromatic N) is 1. The molecule has 1 aromatic carbocycles. The van der Waals surface area contributed by atoms with Crippen LogP contribution in [0.5, 0.6) is 0 Å². The van der Waals surface area contributed by atoms with Gasteiger partial charge in [-0.25, -0.2) is 0 Å². The van der Waals surface area contributed by atoms with Gasteiger partial charge in [-0.1, -0.05) is 11.6 Å². The molecule has 5 heteroatoms. The Balaban J connectivity index is 2.90. The first-order chi connectivity index (χ1) is 7.60. The average Bonchev–Trinajstić information content (AvgIpc) is 2.28. The molecule has 0 unspecified atom stereocenters. The number of hydrogen-bond donors (Lipinski definition) is 0. The lowest BCUT2D eigenvalue weighted by molar-refractivity contribution is 0.0774. The zero-order chi connectivity index (χ0) is 12.1. The number of alkyl halides is 1. The molecule has 0 heterocycles. The van der Waals surface area contributed by atoms with Gasteiger partial charge in [-0.15, -0.1) is 11.6 Å². The van der Waals surface area contributed by atoms with E-state index in [0.29, 0.717) is 29.6 Å². The minimum atomic E-state index is -0.0273. The number of carbonyl (C=O) groups excluding carboxylic acids is 1. The van der Waals surface area contributed by atoms with Gasteiger partial charge in [0, 0.05) is 29.0 Å². The molecule has 0 saturated carbocycles. The summed E-state index contributed by atoms with van der Waals surface area (Å²) < 4.78 is 0.724. The molecule has 0 atom stereocenters. The van der Waals surface area contributed by atoms with E-state index in [9.17, 15) is 4.79 Å². The van der Waals surface area contributed by atoms with Crippen LogP contribution in [0.3, 0.4) is 0 Å². The highest BCUT2D eigenvalue weighted by atomic mass is 79.9. The Hall–Kier alpha value is -0.250. The number of halogens is 3. The standard InChI is InChI=1S/C11H12BrCl2NO/c1-2-15(6-5-13)11(16)8-3-4-10(14)9(12)7-8/h3-4,7H,2,5-6H2,1H3. The minimum absolute atomic E-state index is 0.0273. The molecule has 0 saturated heterocycles. The second kappa shape index (κ2) is 6.48. The molecule has 0 radical (unpaired) electrons. The fourth-order valence-corrected chi connectivity index (χ4v) is 2.02. The Morgan fingerprint density at radius 2 is 2.19 bits per heavy atom. The quantitative estimate of drug-likeness (QED) is 0.771. The van der Waals surface area contributed by atoms with Gasteiger partial charge >= 0.3 is 0 Å². The second-order valence-electron chi connectivity index (χ2n) is 3.20. The first-order valence-electron chi connectivity index (χ1n) is 4.90. The lowest BCUT2D eigenvalue weighted by Crippen LogP contribution is -2.32. The Labute approximate surface area is 114 Å². The third kappa shape index (κ3) is 3.37. The molecule has 16 heavy (non-hydrogen) atoms. The largest absolute Gasteiger partial charge is 0.338 e. The maximum Gasteiger partial charge on any atom is 0.253 e. The van der Waals surface area contributed by atoms with Crippen LogP contribution >= 0.6 is 39.1 Å². The van der Waals surface area contributed by atoms with Crippen molar-refractivity contribution in [1.82, 2.24) is 4.90 Å². The predicted molar refractivity (Wildman–Crippen MR) is 71.4 cm³/mol. The van der Waals surface area contributed by atoms with E-state index in [-0.39, 0.29) is 5.91 Å². The van der Waals surface area contributed by atoms with Crippen LogP contribution in [0.4, 0.5) is 0 Å². The number of hydrogen-bond acceptors (Lipinski definition) is 1. The molecule has 0 aromatic heterocycles. The first-order valence-corrected chi connectivity index (χ1v) is 6.61. The summed E-state index contributed by atoms with van der Waals surface area (Å²) in [4.78, 5) is 13.7. The summed E-state index contributed by atoms with van der Waals surface area (Å²) in [6.07, 6.45) is 0. The van der Waals surface area contributed by atoms with E-state index in [0.717, 1.165) is 4.47 Å². The SMILES string of the molecule is CCN(CCCl)C(=O)c1ccc(Cl)c(Br)c1. The van der Waals surface area contributed by atoms with Crippen LogP contribution in [0, 0.1) is 0 Å². The fourth-order valence-electron chi connectivity index (χ4n) is 1.32. The molecule has 0 N–H and O–H groups in total. The predicted octanol–water partition coefficient (Wildman–Crippen LogP) is 3.80. The van der Waals surface area contributed by atoms with Crippen LogP contribution < -0.4 is 0 Å². The lowest BCUT2D eigenvalue weighted by Gasteiger charge is -2.19. The third-order valence-corrected chi connectivity index (χ3v) is 3.57. The van der Waals surface area contributed by atoms with Crippen LogP contribution in [0.2, 0.25) is 5.02 Å².